The van der Waals surface area contributed by atoms with Crippen molar-refractivity contribution in [1.82, 2.24) is 9.78 Å². The molecular formula is C16H19BrN2O2. The largest absolute Gasteiger partial charge is 0.497 e. The third-order valence-electron chi connectivity index (χ3n) is 3.19. The van der Waals surface area contributed by atoms with Gasteiger partial charge in [0.15, 0.2) is 5.78 Å². The number of carbonyl (C=O) groups is 1. The van der Waals surface area contributed by atoms with Crippen LogP contribution in [0.15, 0.2) is 30.5 Å². The van der Waals surface area contributed by atoms with Crippen LogP contribution in [0.4, 0.5) is 0 Å². The van der Waals surface area contributed by atoms with Gasteiger partial charge >= 0.3 is 0 Å². The van der Waals surface area contributed by atoms with Crippen molar-refractivity contribution in [3.05, 3.63) is 36.0 Å². The number of carbonyl (C=O) groups excluding carboxylic acids is 1. The first-order valence-corrected chi connectivity index (χ1v) is 7.82. The Kier molecular flexibility index (Phi) is 4.52. The van der Waals surface area contributed by atoms with Crippen molar-refractivity contribution in [3.8, 4) is 17.0 Å². The molecule has 0 saturated carbocycles. The summed E-state index contributed by atoms with van der Waals surface area (Å²) in [6.45, 7) is 6.19. The van der Waals surface area contributed by atoms with Gasteiger partial charge in [-0.3, -0.25) is 9.48 Å². The Bertz CT molecular complexity index is 639. The van der Waals surface area contributed by atoms with E-state index in [1.54, 1.807) is 13.3 Å². The average Bonchev–Trinajstić information content (AvgIpc) is 2.91. The highest BCUT2D eigenvalue weighted by atomic mass is 79.9. The molecule has 1 heterocycles. The zero-order valence-corrected chi connectivity index (χ0v) is 14.3. The van der Waals surface area contributed by atoms with Crippen LogP contribution in [-0.4, -0.2) is 28.0 Å². The first-order chi connectivity index (χ1) is 9.88. The number of alkyl halides is 1. The van der Waals surface area contributed by atoms with Crippen LogP contribution in [-0.2, 0) is 5.54 Å². The SMILES string of the molecule is COc1ccc(-c2c(C(=O)CBr)cnn2C(C)(C)C)cc1. The number of halogens is 1. The first-order valence-electron chi connectivity index (χ1n) is 6.70. The van der Waals surface area contributed by atoms with E-state index in [0.29, 0.717) is 5.56 Å². The molecule has 0 aliphatic carbocycles. The Morgan fingerprint density at radius 3 is 2.38 bits per heavy atom. The molecule has 112 valence electrons. The van der Waals surface area contributed by atoms with Crippen LogP contribution >= 0.6 is 15.9 Å². The number of Topliss-reactive ketones (excluding diaryl/α,β-unsaturated/α-hetero) is 1. The van der Waals surface area contributed by atoms with Crippen molar-refractivity contribution in [1.29, 1.82) is 0 Å². The van der Waals surface area contributed by atoms with Crippen molar-refractivity contribution >= 4 is 21.7 Å². The van der Waals surface area contributed by atoms with Crippen molar-refractivity contribution in [2.45, 2.75) is 26.3 Å². The summed E-state index contributed by atoms with van der Waals surface area (Å²) < 4.78 is 7.08. The Morgan fingerprint density at radius 2 is 1.90 bits per heavy atom. The minimum absolute atomic E-state index is 0.0244. The van der Waals surface area contributed by atoms with Gasteiger partial charge < -0.3 is 4.74 Å². The van der Waals surface area contributed by atoms with E-state index in [1.807, 2.05) is 28.9 Å². The van der Waals surface area contributed by atoms with Crippen LogP contribution in [0.25, 0.3) is 11.3 Å². The molecule has 5 heteroatoms. The molecule has 0 amide bonds. The summed E-state index contributed by atoms with van der Waals surface area (Å²) >= 11 is 3.23. The van der Waals surface area contributed by atoms with E-state index in [1.165, 1.54) is 0 Å². The molecule has 0 spiro atoms. The second-order valence-electron chi connectivity index (χ2n) is 5.77. The molecule has 0 N–H and O–H groups in total. The molecule has 4 nitrogen and oxygen atoms in total. The van der Waals surface area contributed by atoms with Gasteiger partial charge in [0.25, 0.3) is 0 Å². The zero-order valence-electron chi connectivity index (χ0n) is 12.7. The molecule has 0 bridgehead atoms. The van der Waals surface area contributed by atoms with E-state index in [0.717, 1.165) is 17.0 Å². The molecule has 2 rings (SSSR count). The van der Waals surface area contributed by atoms with E-state index in [4.69, 9.17) is 4.74 Å². The quantitative estimate of drug-likeness (QED) is 0.620. The summed E-state index contributed by atoms with van der Waals surface area (Å²) in [5.74, 6) is 0.810. The molecular weight excluding hydrogens is 332 g/mol. The lowest BCUT2D eigenvalue weighted by Crippen LogP contribution is -2.24. The van der Waals surface area contributed by atoms with E-state index in [-0.39, 0.29) is 16.7 Å². The minimum atomic E-state index is -0.208. The van der Waals surface area contributed by atoms with Crippen LogP contribution in [0.3, 0.4) is 0 Å². The molecule has 0 aliphatic heterocycles. The van der Waals surface area contributed by atoms with Crippen LogP contribution in [0, 0.1) is 0 Å². The van der Waals surface area contributed by atoms with E-state index in [2.05, 4.69) is 41.8 Å². The summed E-state index contributed by atoms with van der Waals surface area (Å²) in [5, 5.41) is 4.70. The number of rotatable bonds is 4. The van der Waals surface area contributed by atoms with Gasteiger partial charge in [0.1, 0.15) is 5.75 Å². The van der Waals surface area contributed by atoms with Gasteiger partial charge in [-0.1, -0.05) is 15.9 Å². The third kappa shape index (κ3) is 3.18. The molecule has 0 radical (unpaired) electrons. The number of nitrogens with zero attached hydrogens (tertiary/aromatic N) is 2. The number of ether oxygens (including phenoxy) is 1. The fraction of sp³-hybridized carbons (Fsp3) is 0.375. The lowest BCUT2D eigenvalue weighted by Gasteiger charge is -2.23. The number of methoxy groups -OCH3 is 1. The highest BCUT2D eigenvalue weighted by molar-refractivity contribution is 9.09. The fourth-order valence-corrected chi connectivity index (χ4v) is 2.46. The average molecular weight is 351 g/mol. The fourth-order valence-electron chi connectivity index (χ4n) is 2.16. The maximum absolute atomic E-state index is 12.1. The van der Waals surface area contributed by atoms with Gasteiger partial charge in [0.2, 0.25) is 0 Å². The van der Waals surface area contributed by atoms with Crippen molar-refractivity contribution in [2.24, 2.45) is 0 Å². The predicted molar refractivity (Wildman–Crippen MR) is 87.3 cm³/mol. The zero-order chi connectivity index (χ0) is 15.6. The smallest absolute Gasteiger partial charge is 0.177 e. The highest BCUT2D eigenvalue weighted by Crippen LogP contribution is 2.30. The summed E-state index contributed by atoms with van der Waals surface area (Å²) in [6, 6.07) is 7.67. The Hall–Kier alpha value is -1.62. The lowest BCUT2D eigenvalue weighted by atomic mass is 10.0. The molecule has 1 aromatic heterocycles. The highest BCUT2D eigenvalue weighted by Gasteiger charge is 2.24. The maximum atomic E-state index is 12.1. The topological polar surface area (TPSA) is 44.1 Å². The standard InChI is InChI=1S/C16H19BrN2O2/c1-16(2,3)19-15(13(10-18-19)14(20)9-17)11-5-7-12(21-4)8-6-11/h5-8,10H,9H2,1-4H3. The number of hydrogen-bond donors (Lipinski definition) is 0. The van der Waals surface area contributed by atoms with Crippen LogP contribution in [0.5, 0.6) is 5.75 Å². The number of ketones is 1. The van der Waals surface area contributed by atoms with Gasteiger partial charge in [0.05, 0.1) is 35.4 Å². The number of benzene rings is 1. The Balaban J connectivity index is 2.62. The Labute approximate surface area is 133 Å². The van der Waals surface area contributed by atoms with Gasteiger partial charge in [-0.15, -0.1) is 0 Å². The lowest BCUT2D eigenvalue weighted by molar-refractivity contribution is 0.102. The monoisotopic (exact) mass is 350 g/mol. The van der Waals surface area contributed by atoms with Crippen molar-refractivity contribution in [2.75, 3.05) is 12.4 Å². The summed E-state index contributed by atoms with van der Waals surface area (Å²) in [5.41, 5.74) is 2.22. The molecule has 0 saturated heterocycles. The molecule has 0 atom stereocenters. The van der Waals surface area contributed by atoms with Crippen LogP contribution in [0.1, 0.15) is 31.1 Å². The summed E-state index contributed by atoms with van der Waals surface area (Å²) in [6.07, 6.45) is 1.65. The molecule has 0 fully saturated rings. The van der Waals surface area contributed by atoms with Gasteiger partial charge in [-0.05, 0) is 45.0 Å². The molecule has 1 aromatic carbocycles. The van der Waals surface area contributed by atoms with Gasteiger partial charge in [0, 0.05) is 5.56 Å². The maximum Gasteiger partial charge on any atom is 0.177 e. The van der Waals surface area contributed by atoms with Crippen molar-refractivity contribution < 1.29 is 9.53 Å². The van der Waals surface area contributed by atoms with E-state index >= 15 is 0 Å². The number of aromatic nitrogens is 2. The van der Waals surface area contributed by atoms with Gasteiger partial charge in [-0.25, -0.2) is 0 Å². The molecule has 0 unspecified atom stereocenters. The number of hydrogen-bond acceptors (Lipinski definition) is 3. The van der Waals surface area contributed by atoms with Gasteiger partial charge in [-0.2, -0.15) is 5.10 Å². The van der Waals surface area contributed by atoms with Crippen LogP contribution in [0.2, 0.25) is 0 Å². The second-order valence-corrected chi connectivity index (χ2v) is 6.34. The van der Waals surface area contributed by atoms with E-state index in [9.17, 15) is 4.79 Å². The molecule has 2 aromatic rings. The first kappa shape index (κ1) is 15.8. The third-order valence-corrected chi connectivity index (χ3v) is 3.70. The minimum Gasteiger partial charge on any atom is -0.497 e. The normalized spacial score (nSPS) is 11.5. The predicted octanol–water partition coefficient (Wildman–Crippen LogP) is 3.89. The second kappa shape index (κ2) is 6.02. The summed E-state index contributed by atoms with van der Waals surface area (Å²) in [7, 11) is 1.63. The molecule has 0 aliphatic rings. The Morgan fingerprint density at radius 1 is 1.29 bits per heavy atom. The van der Waals surface area contributed by atoms with E-state index < -0.39 is 0 Å². The molecule has 21 heavy (non-hydrogen) atoms. The summed E-state index contributed by atoms with van der Waals surface area (Å²) in [4.78, 5) is 12.1. The van der Waals surface area contributed by atoms with Crippen LogP contribution < -0.4 is 4.74 Å². The van der Waals surface area contributed by atoms with Crippen molar-refractivity contribution in [3.63, 3.8) is 0 Å².